The van der Waals surface area contributed by atoms with Crippen molar-refractivity contribution >= 4 is 21.7 Å². The Bertz CT molecular complexity index is 1200. The number of benzene rings is 2. The molecular weight excluding hydrogens is 512 g/mol. The van der Waals surface area contributed by atoms with E-state index in [0.717, 1.165) is 29.7 Å². The molecule has 39 heavy (non-hydrogen) atoms. The molecule has 0 heterocycles. The fraction of sp³-hybridized carbons (Fsp3) is 0.548. The molecule has 0 aliphatic heterocycles. The van der Waals surface area contributed by atoms with Crippen LogP contribution in [0.2, 0.25) is 0 Å². The van der Waals surface area contributed by atoms with Crippen molar-refractivity contribution in [3.05, 3.63) is 59.7 Å². The summed E-state index contributed by atoms with van der Waals surface area (Å²) >= 11 is 0. The number of ether oxygens (including phenoxy) is 1. The first-order valence-corrected chi connectivity index (χ1v) is 15.2. The standard InChI is InChI=1S/C17H17NO.C8H16O2.C6H13NO2S/c1-17(2,3)19-18-16-14-10-6-4-8-12(14)13-9-5-7-11-15(13)16;1-6(2)7(9)10-8(3,4)5;1-5(2)7-10(8,9)6-3-4-6/h4-11H,1-3H3;6H,1-5H3;5-7H,3-4H2,1-2H3. The molecule has 2 aliphatic rings. The number of oxime groups is 1. The molecular formula is C31H46N2O5S. The number of nitrogens with one attached hydrogen (secondary N) is 1. The summed E-state index contributed by atoms with van der Waals surface area (Å²) in [6.07, 6.45) is 1.67. The van der Waals surface area contributed by atoms with Gasteiger partial charge in [-0.1, -0.05) is 67.5 Å². The van der Waals surface area contributed by atoms with E-state index in [1.807, 2.05) is 81.4 Å². The number of rotatable bonds is 5. The molecule has 1 fully saturated rings. The highest BCUT2D eigenvalue weighted by Gasteiger charge is 2.35. The van der Waals surface area contributed by atoms with E-state index in [9.17, 15) is 13.2 Å². The van der Waals surface area contributed by atoms with Crippen LogP contribution < -0.4 is 4.72 Å². The third kappa shape index (κ3) is 10.8. The number of hydrogen-bond donors (Lipinski definition) is 1. The van der Waals surface area contributed by atoms with Gasteiger partial charge in [0.05, 0.1) is 11.2 Å². The Morgan fingerprint density at radius 3 is 1.56 bits per heavy atom. The van der Waals surface area contributed by atoms with Crippen LogP contribution in [0.1, 0.15) is 93.2 Å². The fourth-order valence-electron chi connectivity index (χ4n) is 3.50. The number of sulfonamides is 1. The van der Waals surface area contributed by atoms with Gasteiger partial charge in [-0.2, -0.15) is 0 Å². The van der Waals surface area contributed by atoms with Crippen LogP contribution in [-0.2, 0) is 24.4 Å². The van der Waals surface area contributed by atoms with Crippen LogP contribution in [0.25, 0.3) is 11.1 Å². The van der Waals surface area contributed by atoms with Gasteiger partial charge in [0.15, 0.2) is 0 Å². The molecule has 4 rings (SSSR count). The van der Waals surface area contributed by atoms with Gasteiger partial charge in [-0.3, -0.25) is 4.79 Å². The minimum atomic E-state index is -2.94. The summed E-state index contributed by atoms with van der Waals surface area (Å²) in [6.45, 7) is 18.9. The monoisotopic (exact) mass is 558 g/mol. The molecule has 0 saturated heterocycles. The molecule has 1 saturated carbocycles. The van der Waals surface area contributed by atoms with Gasteiger partial charge < -0.3 is 9.57 Å². The normalized spacial score (nSPS) is 14.4. The average molecular weight is 559 g/mol. The van der Waals surface area contributed by atoms with Gasteiger partial charge in [-0.05, 0) is 79.4 Å². The van der Waals surface area contributed by atoms with E-state index in [0.29, 0.717) is 0 Å². The lowest BCUT2D eigenvalue weighted by Crippen LogP contribution is -2.32. The Morgan fingerprint density at radius 1 is 0.821 bits per heavy atom. The smallest absolute Gasteiger partial charge is 0.308 e. The molecule has 2 aromatic carbocycles. The van der Waals surface area contributed by atoms with Gasteiger partial charge in [0.2, 0.25) is 10.0 Å². The van der Waals surface area contributed by atoms with Gasteiger partial charge in [-0.15, -0.1) is 0 Å². The second kappa shape index (κ2) is 13.1. The van der Waals surface area contributed by atoms with Crippen molar-refractivity contribution in [2.45, 2.75) is 105 Å². The minimum Gasteiger partial charge on any atom is -0.460 e. The first kappa shape index (κ1) is 32.5. The summed E-state index contributed by atoms with van der Waals surface area (Å²) in [6, 6.07) is 16.7. The van der Waals surface area contributed by atoms with Crippen molar-refractivity contribution < 1.29 is 22.8 Å². The molecule has 2 aliphatic carbocycles. The van der Waals surface area contributed by atoms with Crippen LogP contribution in [0.4, 0.5) is 0 Å². The highest BCUT2D eigenvalue weighted by molar-refractivity contribution is 7.90. The molecule has 2 aromatic rings. The van der Waals surface area contributed by atoms with Crippen molar-refractivity contribution in [3.63, 3.8) is 0 Å². The van der Waals surface area contributed by atoms with Crippen LogP contribution in [0.5, 0.6) is 0 Å². The number of fused-ring (bicyclic) bond motifs is 3. The van der Waals surface area contributed by atoms with Gasteiger partial charge in [0, 0.05) is 17.2 Å². The van der Waals surface area contributed by atoms with Crippen LogP contribution in [0, 0.1) is 5.92 Å². The maximum absolute atomic E-state index is 11.1. The quantitative estimate of drug-likeness (QED) is 0.278. The topological polar surface area (TPSA) is 94.1 Å². The van der Waals surface area contributed by atoms with Gasteiger partial charge in [-0.25, -0.2) is 13.1 Å². The van der Waals surface area contributed by atoms with Crippen molar-refractivity contribution in [3.8, 4) is 11.1 Å². The molecule has 0 atom stereocenters. The summed E-state index contributed by atoms with van der Waals surface area (Å²) < 4.78 is 29.8. The predicted molar refractivity (Wildman–Crippen MR) is 159 cm³/mol. The van der Waals surface area contributed by atoms with Gasteiger partial charge in [0.25, 0.3) is 0 Å². The maximum Gasteiger partial charge on any atom is 0.308 e. The Kier molecular flexibility index (Phi) is 10.9. The summed E-state index contributed by atoms with van der Waals surface area (Å²) in [5.41, 5.74) is 5.06. The number of carbonyl (C=O) groups is 1. The number of nitrogens with zero attached hydrogens (tertiary/aromatic N) is 1. The Morgan fingerprint density at radius 2 is 1.26 bits per heavy atom. The van der Waals surface area contributed by atoms with E-state index in [2.05, 4.69) is 46.3 Å². The van der Waals surface area contributed by atoms with Gasteiger partial charge >= 0.3 is 5.97 Å². The van der Waals surface area contributed by atoms with E-state index in [1.54, 1.807) is 0 Å². The number of hydrogen-bond acceptors (Lipinski definition) is 6. The van der Waals surface area contributed by atoms with E-state index in [-0.39, 0.29) is 34.4 Å². The van der Waals surface area contributed by atoms with E-state index in [1.165, 1.54) is 11.1 Å². The molecule has 0 amide bonds. The molecule has 0 unspecified atom stereocenters. The predicted octanol–water partition coefficient (Wildman–Crippen LogP) is 6.70. The zero-order valence-corrected chi connectivity index (χ0v) is 26.0. The van der Waals surface area contributed by atoms with Crippen molar-refractivity contribution in [1.82, 2.24) is 4.72 Å². The third-order valence-corrected chi connectivity index (χ3v) is 7.46. The van der Waals surface area contributed by atoms with Crippen molar-refractivity contribution in [1.29, 1.82) is 0 Å². The first-order valence-electron chi connectivity index (χ1n) is 13.6. The molecule has 1 N–H and O–H groups in total. The number of esters is 1. The molecule has 216 valence electrons. The average Bonchev–Trinajstić information content (AvgIpc) is 3.60. The zero-order chi connectivity index (χ0) is 29.6. The van der Waals surface area contributed by atoms with E-state index < -0.39 is 10.0 Å². The first-order chi connectivity index (χ1) is 17.9. The largest absolute Gasteiger partial charge is 0.460 e. The second-order valence-corrected chi connectivity index (χ2v) is 14.4. The fourth-order valence-corrected chi connectivity index (χ4v) is 5.10. The number of carbonyl (C=O) groups excluding carboxylic acids is 1. The van der Waals surface area contributed by atoms with Crippen LogP contribution in [0.15, 0.2) is 53.7 Å². The summed E-state index contributed by atoms with van der Waals surface area (Å²) in [7, 11) is -2.94. The van der Waals surface area contributed by atoms with Crippen LogP contribution in [0.3, 0.4) is 0 Å². The molecule has 0 spiro atoms. The minimum absolute atomic E-state index is 0.0285. The molecule has 0 radical (unpaired) electrons. The SMILES string of the molecule is CC(C)(C)ON=C1c2ccccc2-c2ccccc21.CC(C)C(=O)OC(C)(C)C.CC(C)NS(=O)(=O)C1CC1. The van der Waals surface area contributed by atoms with Crippen LogP contribution in [-0.4, -0.2) is 42.6 Å². The second-order valence-electron chi connectivity index (χ2n) is 12.4. The lowest BCUT2D eigenvalue weighted by molar-refractivity contribution is -0.158. The lowest BCUT2D eigenvalue weighted by atomic mass is 10.1. The molecule has 7 nitrogen and oxygen atoms in total. The zero-order valence-electron chi connectivity index (χ0n) is 25.2. The highest BCUT2D eigenvalue weighted by atomic mass is 32.2. The Hall–Kier alpha value is -2.71. The molecule has 0 bridgehead atoms. The Balaban J connectivity index is 0.000000227. The van der Waals surface area contributed by atoms with E-state index >= 15 is 0 Å². The third-order valence-electron chi connectivity index (χ3n) is 5.31. The van der Waals surface area contributed by atoms with Gasteiger partial charge in [0.1, 0.15) is 16.9 Å². The van der Waals surface area contributed by atoms with Crippen molar-refractivity contribution in [2.75, 3.05) is 0 Å². The summed E-state index contributed by atoms with van der Waals surface area (Å²) in [5, 5.41) is 4.31. The molecule has 8 heteroatoms. The Labute approximate surface area is 235 Å². The molecule has 0 aromatic heterocycles. The van der Waals surface area contributed by atoms with Crippen molar-refractivity contribution in [2.24, 2.45) is 11.1 Å². The lowest BCUT2D eigenvalue weighted by Gasteiger charge is -2.20. The van der Waals surface area contributed by atoms with E-state index in [4.69, 9.17) is 9.57 Å². The summed E-state index contributed by atoms with van der Waals surface area (Å²) in [4.78, 5) is 16.6. The summed E-state index contributed by atoms with van der Waals surface area (Å²) in [5.74, 6) is -0.160. The maximum atomic E-state index is 11.1. The highest BCUT2D eigenvalue weighted by Crippen LogP contribution is 2.36. The van der Waals surface area contributed by atoms with Crippen LogP contribution >= 0.6 is 0 Å².